The normalized spacial score (nSPS) is 13.9. The topological polar surface area (TPSA) is 140 Å². The van der Waals surface area contributed by atoms with E-state index < -0.39 is 24.6 Å². The van der Waals surface area contributed by atoms with Gasteiger partial charge in [-0.2, -0.15) is 5.26 Å². The largest absolute Gasteiger partial charge is 0.482 e. The fourth-order valence-electron chi connectivity index (χ4n) is 4.68. The van der Waals surface area contributed by atoms with E-state index in [0.29, 0.717) is 28.5 Å². The summed E-state index contributed by atoms with van der Waals surface area (Å²) in [7, 11) is 1.35. The number of carbonyl (C=O) groups is 2. The lowest BCUT2D eigenvalue weighted by Crippen LogP contribution is -2.12. The third kappa shape index (κ3) is 4.85. The van der Waals surface area contributed by atoms with Gasteiger partial charge in [0.25, 0.3) is 0 Å². The smallest absolute Gasteiger partial charge is 0.341 e. The number of methoxy groups -OCH3 is 1. The van der Waals surface area contributed by atoms with Gasteiger partial charge in [0.05, 0.1) is 30.9 Å². The molecule has 0 radical (unpaired) electrons. The van der Waals surface area contributed by atoms with Crippen molar-refractivity contribution >= 4 is 29.0 Å². The van der Waals surface area contributed by atoms with Gasteiger partial charge >= 0.3 is 11.9 Å². The zero-order valence-electron chi connectivity index (χ0n) is 22.3. The maximum atomic E-state index is 12.3. The second kappa shape index (κ2) is 10.7. The number of carboxylic acid groups (broad SMARTS) is 1. The minimum absolute atomic E-state index is 0.0189. The van der Waals surface area contributed by atoms with Crippen LogP contribution in [0.15, 0.2) is 47.5 Å². The summed E-state index contributed by atoms with van der Waals surface area (Å²) in [5.74, 6) is 0.109. The van der Waals surface area contributed by atoms with Crippen LogP contribution >= 0.6 is 11.3 Å². The summed E-state index contributed by atoms with van der Waals surface area (Å²) in [4.78, 5) is 29.4. The molecule has 0 fully saturated rings. The first-order valence-electron chi connectivity index (χ1n) is 12.4. The second-order valence-electron chi connectivity index (χ2n) is 9.26. The first kappa shape index (κ1) is 26.8. The molecule has 5 rings (SSSR count). The number of esters is 1. The number of aliphatic imine (C=N–C) groups is 1. The predicted molar refractivity (Wildman–Crippen MR) is 148 cm³/mol. The number of benzene rings is 2. The number of nitriles is 1. The number of hydrogen-bond acceptors (Lipinski definition) is 9. The monoisotopic (exact) mass is 555 g/mol. The van der Waals surface area contributed by atoms with Crippen molar-refractivity contribution in [1.29, 1.82) is 5.26 Å². The fraction of sp³-hybridized carbons (Fsp3) is 0.241. The van der Waals surface area contributed by atoms with E-state index in [4.69, 9.17) is 19.6 Å². The highest BCUT2D eigenvalue weighted by Gasteiger charge is 2.32. The van der Waals surface area contributed by atoms with Crippen LogP contribution in [0.3, 0.4) is 0 Å². The summed E-state index contributed by atoms with van der Waals surface area (Å²) >= 11 is 1.63. The Morgan fingerprint density at radius 2 is 1.82 bits per heavy atom. The summed E-state index contributed by atoms with van der Waals surface area (Å²) in [6.07, 6.45) is 0.0189. The Morgan fingerprint density at radius 1 is 1.10 bits per heavy atom. The van der Waals surface area contributed by atoms with Crippen molar-refractivity contribution in [2.75, 3.05) is 13.7 Å². The van der Waals surface area contributed by atoms with Gasteiger partial charge in [0, 0.05) is 16.0 Å². The summed E-state index contributed by atoms with van der Waals surface area (Å²) in [6.45, 7) is 5.51. The van der Waals surface area contributed by atoms with Gasteiger partial charge in [-0.25, -0.2) is 4.79 Å². The first-order valence-corrected chi connectivity index (χ1v) is 13.2. The number of aliphatic carboxylic acids is 1. The van der Waals surface area contributed by atoms with E-state index in [-0.39, 0.29) is 6.42 Å². The summed E-state index contributed by atoms with van der Waals surface area (Å²) in [5, 5.41) is 28.2. The molecule has 3 heterocycles. The fourth-order valence-corrected chi connectivity index (χ4v) is 5.89. The molecule has 1 N–H and O–H groups in total. The van der Waals surface area contributed by atoms with Crippen LogP contribution in [0.2, 0.25) is 0 Å². The molecule has 10 nitrogen and oxygen atoms in total. The van der Waals surface area contributed by atoms with Crippen LogP contribution in [0.4, 0.5) is 0 Å². The maximum absolute atomic E-state index is 12.3. The zero-order valence-corrected chi connectivity index (χ0v) is 23.1. The summed E-state index contributed by atoms with van der Waals surface area (Å²) in [6, 6.07) is 14.2. The Morgan fingerprint density at radius 3 is 2.50 bits per heavy atom. The molecule has 1 aliphatic heterocycles. The molecule has 0 unspecified atom stereocenters. The van der Waals surface area contributed by atoms with Crippen LogP contribution < -0.4 is 4.74 Å². The van der Waals surface area contributed by atoms with Gasteiger partial charge in [-0.1, -0.05) is 24.3 Å². The molecule has 1 atom stereocenters. The average Bonchev–Trinajstić information content (AvgIpc) is 3.43. The number of aryl methyl sites for hydroxylation is 2. The molecule has 0 spiro atoms. The van der Waals surface area contributed by atoms with Crippen molar-refractivity contribution in [3.63, 3.8) is 0 Å². The van der Waals surface area contributed by atoms with Crippen LogP contribution in [0, 0.1) is 32.1 Å². The molecule has 0 bridgehead atoms. The van der Waals surface area contributed by atoms with Crippen molar-refractivity contribution < 1.29 is 24.2 Å². The Balaban J connectivity index is 1.59. The van der Waals surface area contributed by atoms with Gasteiger partial charge in [-0.15, -0.1) is 21.5 Å². The van der Waals surface area contributed by atoms with Crippen LogP contribution in [0.1, 0.15) is 51.2 Å². The summed E-state index contributed by atoms with van der Waals surface area (Å²) in [5.41, 5.74) is 5.48. The SMILES string of the molecule is COC(=O)C[C@@H]1N=C(c2ccc(-c3ccc(OCC(=O)O)cc3C#N)cc2)c2c(sc(C)c2C)-n2c(C)nnc21. The lowest BCUT2D eigenvalue weighted by molar-refractivity contribution is -0.141. The first-order chi connectivity index (χ1) is 19.2. The van der Waals surface area contributed by atoms with Gasteiger partial charge in [0.2, 0.25) is 0 Å². The number of hydrogen-bond donors (Lipinski definition) is 1. The van der Waals surface area contributed by atoms with Crippen LogP contribution in [0.25, 0.3) is 16.1 Å². The molecule has 0 saturated heterocycles. The molecule has 0 saturated carbocycles. The number of fused-ring (bicyclic) bond motifs is 3. The summed E-state index contributed by atoms with van der Waals surface area (Å²) < 4.78 is 12.2. The number of carboxylic acids is 1. The van der Waals surface area contributed by atoms with Crippen LogP contribution in [-0.2, 0) is 14.3 Å². The predicted octanol–water partition coefficient (Wildman–Crippen LogP) is 4.71. The Bertz CT molecular complexity index is 1710. The third-order valence-electron chi connectivity index (χ3n) is 6.77. The zero-order chi connectivity index (χ0) is 28.6. The highest BCUT2D eigenvalue weighted by molar-refractivity contribution is 7.15. The molecule has 0 amide bonds. The van der Waals surface area contributed by atoms with E-state index in [1.807, 2.05) is 35.8 Å². The molecule has 11 heteroatoms. The van der Waals surface area contributed by atoms with E-state index in [0.717, 1.165) is 37.8 Å². The van der Waals surface area contributed by atoms with Crippen molar-refractivity contribution in [2.45, 2.75) is 33.2 Å². The van der Waals surface area contributed by atoms with Crippen LogP contribution in [-0.4, -0.2) is 51.2 Å². The number of nitrogens with zero attached hydrogens (tertiary/aromatic N) is 5. The molecule has 2 aromatic heterocycles. The Hall–Kier alpha value is -4.82. The second-order valence-corrected chi connectivity index (χ2v) is 10.5. The molecular weight excluding hydrogens is 530 g/mol. The van der Waals surface area contributed by atoms with E-state index >= 15 is 0 Å². The number of thiophene rings is 1. The van der Waals surface area contributed by atoms with E-state index in [1.54, 1.807) is 23.5 Å². The van der Waals surface area contributed by atoms with Gasteiger partial charge in [0.15, 0.2) is 12.4 Å². The van der Waals surface area contributed by atoms with E-state index in [9.17, 15) is 14.9 Å². The molecule has 40 heavy (non-hydrogen) atoms. The standard InChI is InChI=1S/C29H25N5O5S/c1-15-16(2)40-29-26(15)27(31-23(12-25(37)38-4)28-33-32-17(3)34(28)29)19-7-5-18(6-8-19)22-10-9-21(11-20(22)13-30)39-14-24(35)36/h5-11,23H,12,14H2,1-4H3,(H,35,36)/t23-/m0/s1. The van der Waals surface area contributed by atoms with Crippen molar-refractivity contribution in [3.05, 3.63) is 81.2 Å². The van der Waals surface area contributed by atoms with E-state index in [1.165, 1.54) is 13.2 Å². The number of rotatable bonds is 7. The van der Waals surface area contributed by atoms with E-state index in [2.05, 4.69) is 30.1 Å². The molecule has 1 aliphatic rings. The number of carbonyl (C=O) groups excluding carboxylic acids is 1. The number of aromatic nitrogens is 3. The maximum Gasteiger partial charge on any atom is 0.341 e. The number of ether oxygens (including phenoxy) is 2. The Kier molecular flexibility index (Phi) is 7.19. The van der Waals surface area contributed by atoms with Crippen molar-refractivity contribution in [3.8, 4) is 27.9 Å². The van der Waals surface area contributed by atoms with Crippen LogP contribution in [0.5, 0.6) is 5.75 Å². The average molecular weight is 556 g/mol. The van der Waals surface area contributed by atoms with Crippen molar-refractivity contribution in [2.24, 2.45) is 4.99 Å². The lowest BCUT2D eigenvalue weighted by Gasteiger charge is -2.12. The Labute approximate surface area is 234 Å². The highest BCUT2D eigenvalue weighted by atomic mass is 32.1. The van der Waals surface area contributed by atoms with Crippen molar-refractivity contribution in [1.82, 2.24) is 14.8 Å². The lowest BCUT2D eigenvalue weighted by atomic mass is 9.95. The molecule has 2 aromatic carbocycles. The molecule has 4 aromatic rings. The minimum Gasteiger partial charge on any atom is -0.482 e. The van der Waals surface area contributed by atoms with Gasteiger partial charge < -0.3 is 14.6 Å². The quantitative estimate of drug-likeness (QED) is 0.323. The highest BCUT2D eigenvalue weighted by Crippen LogP contribution is 2.40. The minimum atomic E-state index is -1.09. The molecular formula is C29H25N5O5S. The third-order valence-corrected chi connectivity index (χ3v) is 7.96. The van der Waals surface area contributed by atoms with Gasteiger partial charge in [-0.05, 0) is 55.7 Å². The van der Waals surface area contributed by atoms with Gasteiger partial charge in [-0.3, -0.25) is 14.4 Å². The molecule has 0 aliphatic carbocycles. The molecule has 202 valence electrons. The van der Waals surface area contributed by atoms with Gasteiger partial charge in [0.1, 0.15) is 22.6 Å².